The lowest BCUT2D eigenvalue weighted by Gasteiger charge is -2.37. The lowest BCUT2D eigenvalue weighted by molar-refractivity contribution is -0.169. The summed E-state index contributed by atoms with van der Waals surface area (Å²) in [6, 6.07) is 3.98. The zero-order valence-corrected chi connectivity index (χ0v) is 15.2. The van der Waals surface area contributed by atoms with Gasteiger partial charge in [-0.3, -0.25) is 4.79 Å². The summed E-state index contributed by atoms with van der Waals surface area (Å²) < 4.78 is 24.6. The third kappa shape index (κ3) is 3.87. The van der Waals surface area contributed by atoms with Crippen molar-refractivity contribution in [2.75, 3.05) is 36.5 Å². The molecule has 7 nitrogen and oxygen atoms in total. The average molecular weight is 393 g/mol. The van der Waals surface area contributed by atoms with Crippen molar-refractivity contribution in [2.24, 2.45) is 0 Å². The molecule has 1 amide bonds. The summed E-state index contributed by atoms with van der Waals surface area (Å²) >= 11 is 5.72. The van der Waals surface area contributed by atoms with Gasteiger partial charge in [-0.25, -0.2) is 14.4 Å². The maximum atomic E-state index is 13.2. The number of piperidine rings is 1. The van der Waals surface area contributed by atoms with Gasteiger partial charge in [0.2, 0.25) is 5.95 Å². The molecular weight excluding hydrogens is 375 g/mol. The van der Waals surface area contributed by atoms with E-state index in [4.69, 9.17) is 21.1 Å². The Balaban J connectivity index is 1.38. The third-order valence-electron chi connectivity index (χ3n) is 4.70. The first-order valence-electron chi connectivity index (χ1n) is 8.66. The number of anilines is 2. The van der Waals surface area contributed by atoms with Crippen LogP contribution in [0, 0.1) is 5.82 Å². The minimum Gasteiger partial charge on any atom is -0.347 e. The van der Waals surface area contributed by atoms with E-state index in [0.717, 1.165) is 25.9 Å². The molecule has 1 spiro atoms. The van der Waals surface area contributed by atoms with Crippen molar-refractivity contribution in [3.63, 3.8) is 0 Å². The van der Waals surface area contributed by atoms with E-state index in [1.165, 1.54) is 30.6 Å². The van der Waals surface area contributed by atoms with Gasteiger partial charge in [-0.05, 0) is 18.2 Å². The summed E-state index contributed by atoms with van der Waals surface area (Å²) in [6.45, 7) is 2.72. The van der Waals surface area contributed by atoms with Crippen molar-refractivity contribution >= 4 is 29.1 Å². The molecule has 1 N–H and O–H groups in total. The van der Waals surface area contributed by atoms with E-state index in [1.54, 1.807) is 0 Å². The van der Waals surface area contributed by atoms with Crippen molar-refractivity contribution < 1.29 is 18.7 Å². The van der Waals surface area contributed by atoms with Crippen molar-refractivity contribution in [2.45, 2.75) is 18.6 Å². The number of benzene rings is 1. The molecule has 3 heterocycles. The first-order chi connectivity index (χ1) is 13.0. The monoisotopic (exact) mass is 392 g/mol. The maximum absolute atomic E-state index is 13.2. The number of nitrogens with zero attached hydrogens (tertiary/aromatic N) is 3. The second-order valence-corrected chi connectivity index (χ2v) is 6.86. The first-order valence-corrected chi connectivity index (χ1v) is 9.04. The van der Waals surface area contributed by atoms with E-state index in [1.807, 2.05) is 4.90 Å². The number of nitrogens with one attached hydrogen (secondary N) is 1. The highest BCUT2D eigenvalue weighted by Crippen LogP contribution is 2.32. The number of halogens is 2. The quantitative estimate of drug-likeness (QED) is 0.865. The van der Waals surface area contributed by atoms with Crippen LogP contribution in [0.5, 0.6) is 0 Å². The molecule has 2 aliphatic heterocycles. The van der Waals surface area contributed by atoms with E-state index >= 15 is 0 Å². The Bertz CT molecular complexity index is 833. The van der Waals surface area contributed by atoms with Gasteiger partial charge >= 0.3 is 0 Å². The Morgan fingerprint density at radius 3 is 2.48 bits per heavy atom. The number of rotatable bonds is 3. The summed E-state index contributed by atoms with van der Waals surface area (Å²) in [5.41, 5.74) is 0.698. The number of aromatic nitrogens is 2. The number of hydrogen-bond acceptors (Lipinski definition) is 6. The standard InChI is InChI=1S/C18H18ClFN4O3/c19-14-9-13(1-2-15(14)20)23-16(25)12-10-21-17(22-11-12)24-5-3-18(4-6-24)26-7-8-27-18/h1-2,9-11H,3-8H2,(H,23,25). The lowest BCUT2D eigenvalue weighted by Crippen LogP contribution is -2.45. The maximum Gasteiger partial charge on any atom is 0.258 e. The van der Waals surface area contributed by atoms with E-state index in [-0.39, 0.29) is 5.02 Å². The van der Waals surface area contributed by atoms with Crippen molar-refractivity contribution in [1.29, 1.82) is 0 Å². The molecule has 1 aromatic carbocycles. The normalized spacial score (nSPS) is 18.7. The van der Waals surface area contributed by atoms with Crippen LogP contribution >= 0.6 is 11.6 Å². The van der Waals surface area contributed by atoms with Crippen LogP contribution in [0.1, 0.15) is 23.2 Å². The predicted octanol–water partition coefficient (Wildman–Crippen LogP) is 2.86. The molecule has 2 saturated heterocycles. The van der Waals surface area contributed by atoms with Gasteiger partial charge in [-0.2, -0.15) is 0 Å². The van der Waals surface area contributed by atoms with Crippen LogP contribution in [0.3, 0.4) is 0 Å². The molecule has 2 aromatic rings. The van der Waals surface area contributed by atoms with E-state index in [0.29, 0.717) is 30.4 Å². The third-order valence-corrected chi connectivity index (χ3v) is 4.99. The Labute approximate surface area is 160 Å². The number of hydrogen-bond donors (Lipinski definition) is 1. The Morgan fingerprint density at radius 1 is 1.19 bits per heavy atom. The van der Waals surface area contributed by atoms with Gasteiger partial charge in [-0.15, -0.1) is 0 Å². The lowest BCUT2D eigenvalue weighted by atomic mass is 10.0. The van der Waals surface area contributed by atoms with Gasteiger partial charge in [0, 0.05) is 44.0 Å². The smallest absolute Gasteiger partial charge is 0.258 e. The molecular formula is C18H18ClFN4O3. The number of ether oxygens (including phenoxy) is 2. The van der Waals surface area contributed by atoms with Crippen LogP contribution in [0.25, 0.3) is 0 Å². The molecule has 9 heteroatoms. The van der Waals surface area contributed by atoms with Crippen molar-refractivity contribution in [3.8, 4) is 0 Å². The molecule has 1 aromatic heterocycles. The molecule has 0 atom stereocenters. The van der Waals surface area contributed by atoms with Crippen LogP contribution in [0.4, 0.5) is 16.0 Å². The molecule has 4 rings (SSSR count). The van der Waals surface area contributed by atoms with E-state index < -0.39 is 17.5 Å². The molecule has 0 unspecified atom stereocenters. The van der Waals surface area contributed by atoms with Crippen LogP contribution in [0.2, 0.25) is 5.02 Å². The summed E-state index contributed by atoms with van der Waals surface area (Å²) in [6.07, 6.45) is 4.44. The fourth-order valence-corrected chi connectivity index (χ4v) is 3.39. The summed E-state index contributed by atoms with van der Waals surface area (Å²) in [7, 11) is 0. The topological polar surface area (TPSA) is 76.6 Å². The largest absolute Gasteiger partial charge is 0.347 e. The van der Waals surface area contributed by atoms with E-state index in [2.05, 4.69) is 15.3 Å². The predicted molar refractivity (Wildman–Crippen MR) is 97.5 cm³/mol. The highest BCUT2D eigenvalue weighted by molar-refractivity contribution is 6.31. The van der Waals surface area contributed by atoms with Gasteiger partial charge in [0.05, 0.1) is 23.8 Å². The molecule has 27 heavy (non-hydrogen) atoms. The van der Waals surface area contributed by atoms with Crippen LogP contribution in [0.15, 0.2) is 30.6 Å². The van der Waals surface area contributed by atoms with Gasteiger partial charge < -0.3 is 19.7 Å². The molecule has 2 fully saturated rings. The average Bonchev–Trinajstić information content (AvgIpc) is 3.13. The molecule has 0 aliphatic carbocycles. The van der Waals surface area contributed by atoms with Crippen LogP contribution in [-0.2, 0) is 9.47 Å². The van der Waals surface area contributed by atoms with E-state index in [9.17, 15) is 9.18 Å². The molecule has 0 bridgehead atoms. The van der Waals surface area contributed by atoms with Crippen LogP contribution < -0.4 is 10.2 Å². The number of amides is 1. The van der Waals surface area contributed by atoms with Gasteiger partial charge in [0.1, 0.15) is 5.82 Å². The highest BCUT2D eigenvalue weighted by atomic mass is 35.5. The number of carbonyl (C=O) groups excluding carboxylic acids is 1. The Kier molecular flexibility index (Phi) is 4.94. The number of carbonyl (C=O) groups is 1. The fourth-order valence-electron chi connectivity index (χ4n) is 3.21. The molecule has 0 radical (unpaired) electrons. The van der Waals surface area contributed by atoms with Gasteiger partial charge in [0.15, 0.2) is 5.79 Å². The fraction of sp³-hybridized carbons (Fsp3) is 0.389. The molecule has 142 valence electrons. The summed E-state index contributed by atoms with van der Waals surface area (Å²) in [4.78, 5) is 22.9. The Morgan fingerprint density at radius 2 is 1.85 bits per heavy atom. The second kappa shape index (κ2) is 7.38. The SMILES string of the molecule is O=C(Nc1ccc(F)c(Cl)c1)c1cnc(N2CCC3(CC2)OCCO3)nc1. The zero-order chi connectivity index (χ0) is 18.9. The summed E-state index contributed by atoms with van der Waals surface area (Å²) in [5, 5.41) is 2.58. The Hall–Kier alpha value is -2.29. The van der Waals surface area contributed by atoms with Crippen molar-refractivity contribution in [1.82, 2.24) is 9.97 Å². The molecule has 2 aliphatic rings. The highest BCUT2D eigenvalue weighted by Gasteiger charge is 2.40. The van der Waals surface area contributed by atoms with Gasteiger partial charge in [-0.1, -0.05) is 11.6 Å². The zero-order valence-electron chi connectivity index (χ0n) is 14.5. The van der Waals surface area contributed by atoms with Gasteiger partial charge in [0.25, 0.3) is 5.91 Å². The van der Waals surface area contributed by atoms with Crippen molar-refractivity contribution in [3.05, 3.63) is 47.0 Å². The minimum absolute atomic E-state index is 0.0579. The first kappa shape index (κ1) is 18.1. The minimum atomic E-state index is -0.543. The second-order valence-electron chi connectivity index (χ2n) is 6.45. The molecule has 0 saturated carbocycles. The summed E-state index contributed by atoms with van der Waals surface area (Å²) in [5.74, 6) is -0.829. The van der Waals surface area contributed by atoms with Crippen LogP contribution in [-0.4, -0.2) is 48.0 Å².